The molecule has 0 amide bonds. The zero-order chi connectivity index (χ0) is 12.0. The molecule has 0 fully saturated rings. The van der Waals surface area contributed by atoms with Crippen LogP contribution in [0.4, 0.5) is 0 Å². The number of rotatable bonds is 6. The Labute approximate surface area is 97.6 Å². The van der Waals surface area contributed by atoms with Gasteiger partial charge in [-0.05, 0) is 44.4 Å². The van der Waals surface area contributed by atoms with Crippen LogP contribution < -0.4 is 4.74 Å². The molecular formula is C14H20O2. The average Bonchev–Trinajstić information content (AvgIpc) is 2.29. The molecule has 1 unspecified atom stereocenters. The van der Waals surface area contributed by atoms with Gasteiger partial charge in [-0.3, -0.25) is 0 Å². The van der Waals surface area contributed by atoms with Gasteiger partial charge in [-0.15, -0.1) is 6.58 Å². The van der Waals surface area contributed by atoms with E-state index in [2.05, 4.69) is 6.58 Å². The van der Waals surface area contributed by atoms with Gasteiger partial charge in [0.25, 0.3) is 0 Å². The summed E-state index contributed by atoms with van der Waals surface area (Å²) in [6, 6.07) is 7.98. The molecule has 1 aromatic rings. The fraction of sp³-hybridized carbons (Fsp3) is 0.429. The summed E-state index contributed by atoms with van der Waals surface area (Å²) in [6.07, 6.45) is 3.11. The Balaban J connectivity index is 2.52. The molecule has 2 heteroatoms. The lowest BCUT2D eigenvalue weighted by molar-refractivity contribution is 0.103. The van der Waals surface area contributed by atoms with Crippen molar-refractivity contribution in [3.05, 3.63) is 42.5 Å². The first kappa shape index (κ1) is 12.8. The summed E-state index contributed by atoms with van der Waals surface area (Å²) >= 11 is 0. The normalized spacial score (nSPS) is 14.2. The molecule has 1 rings (SSSR count). The predicted octanol–water partition coefficient (Wildman–Crippen LogP) is 2.95. The third-order valence-corrected chi connectivity index (χ3v) is 2.59. The minimum absolute atomic E-state index is 0.685. The molecule has 1 N–H and O–H groups in total. The van der Waals surface area contributed by atoms with E-state index in [1.807, 2.05) is 31.2 Å². The van der Waals surface area contributed by atoms with E-state index in [0.29, 0.717) is 13.0 Å². The maximum Gasteiger partial charge on any atom is 0.119 e. The van der Waals surface area contributed by atoms with Gasteiger partial charge in [0.1, 0.15) is 5.75 Å². The third kappa shape index (κ3) is 4.07. The quantitative estimate of drug-likeness (QED) is 0.747. The summed E-state index contributed by atoms with van der Waals surface area (Å²) < 4.78 is 5.36. The molecule has 16 heavy (non-hydrogen) atoms. The highest BCUT2D eigenvalue weighted by Crippen LogP contribution is 2.17. The van der Waals surface area contributed by atoms with Crippen LogP contribution in [0.2, 0.25) is 0 Å². The Kier molecular flexibility index (Phi) is 4.56. The maximum atomic E-state index is 9.78. The number of aryl methyl sites for hydroxylation is 1. The summed E-state index contributed by atoms with van der Waals surface area (Å²) in [5.74, 6) is 0.890. The van der Waals surface area contributed by atoms with E-state index >= 15 is 0 Å². The molecule has 0 heterocycles. The van der Waals surface area contributed by atoms with Crippen LogP contribution in [0.1, 0.15) is 25.8 Å². The second-order valence-corrected chi connectivity index (χ2v) is 4.14. The van der Waals surface area contributed by atoms with Crippen molar-refractivity contribution in [2.24, 2.45) is 0 Å². The Hall–Kier alpha value is -1.28. The first-order valence-electron chi connectivity index (χ1n) is 5.65. The van der Waals surface area contributed by atoms with Crippen molar-refractivity contribution < 1.29 is 9.84 Å². The van der Waals surface area contributed by atoms with Crippen LogP contribution in [0.3, 0.4) is 0 Å². The molecule has 0 saturated heterocycles. The van der Waals surface area contributed by atoms with Gasteiger partial charge in [0.15, 0.2) is 0 Å². The molecule has 0 aliphatic rings. The van der Waals surface area contributed by atoms with Crippen molar-refractivity contribution >= 4 is 0 Å². The van der Waals surface area contributed by atoms with Crippen LogP contribution in [0.15, 0.2) is 36.9 Å². The molecule has 1 atom stereocenters. The molecular weight excluding hydrogens is 200 g/mol. The second-order valence-electron chi connectivity index (χ2n) is 4.14. The van der Waals surface area contributed by atoms with E-state index in [9.17, 15) is 5.11 Å². The number of aliphatic hydroxyl groups is 1. The molecule has 0 bridgehead atoms. The van der Waals surface area contributed by atoms with Crippen molar-refractivity contribution in [3.8, 4) is 5.75 Å². The fourth-order valence-electron chi connectivity index (χ4n) is 1.42. The molecule has 0 aliphatic heterocycles. The van der Waals surface area contributed by atoms with Crippen LogP contribution in [-0.2, 0) is 6.42 Å². The van der Waals surface area contributed by atoms with Crippen LogP contribution >= 0.6 is 0 Å². The largest absolute Gasteiger partial charge is 0.494 e. The molecule has 2 nitrogen and oxygen atoms in total. The van der Waals surface area contributed by atoms with Crippen LogP contribution in [0, 0.1) is 0 Å². The lowest BCUT2D eigenvalue weighted by Crippen LogP contribution is -2.20. The number of benzene rings is 1. The molecule has 1 aromatic carbocycles. The van der Waals surface area contributed by atoms with E-state index in [1.54, 1.807) is 13.0 Å². The first-order valence-corrected chi connectivity index (χ1v) is 5.65. The van der Waals surface area contributed by atoms with E-state index in [0.717, 1.165) is 12.2 Å². The van der Waals surface area contributed by atoms with Gasteiger partial charge in [0.05, 0.1) is 12.2 Å². The van der Waals surface area contributed by atoms with E-state index in [4.69, 9.17) is 4.74 Å². The van der Waals surface area contributed by atoms with E-state index in [1.165, 1.54) is 5.56 Å². The van der Waals surface area contributed by atoms with Crippen molar-refractivity contribution in [1.82, 2.24) is 0 Å². The molecule has 0 aromatic heterocycles. The van der Waals surface area contributed by atoms with Gasteiger partial charge in [-0.25, -0.2) is 0 Å². The van der Waals surface area contributed by atoms with Gasteiger partial charge >= 0.3 is 0 Å². The lowest BCUT2D eigenvalue weighted by Gasteiger charge is -2.18. The summed E-state index contributed by atoms with van der Waals surface area (Å²) in [6.45, 7) is 8.04. The SMILES string of the molecule is C=CC(C)(O)CCc1ccc(OCC)cc1. The van der Waals surface area contributed by atoms with Crippen LogP contribution in [0.5, 0.6) is 5.75 Å². The average molecular weight is 220 g/mol. The maximum absolute atomic E-state index is 9.78. The standard InChI is InChI=1S/C14H20O2/c1-4-14(3,15)11-10-12-6-8-13(9-7-12)16-5-2/h4,6-9,15H,1,5,10-11H2,2-3H3. The van der Waals surface area contributed by atoms with E-state index < -0.39 is 5.60 Å². The second kappa shape index (κ2) is 5.71. The number of hydrogen-bond donors (Lipinski definition) is 1. The Morgan fingerprint density at radius 1 is 1.38 bits per heavy atom. The van der Waals surface area contributed by atoms with Crippen molar-refractivity contribution in [3.63, 3.8) is 0 Å². The predicted molar refractivity (Wildman–Crippen MR) is 66.8 cm³/mol. The smallest absolute Gasteiger partial charge is 0.119 e. The van der Waals surface area contributed by atoms with Crippen LogP contribution in [0.25, 0.3) is 0 Å². The Bertz CT molecular complexity index is 325. The monoisotopic (exact) mass is 220 g/mol. The minimum Gasteiger partial charge on any atom is -0.494 e. The van der Waals surface area contributed by atoms with Gasteiger partial charge in [-0.1, -0.05) is 18.2 Å². The van der Waals surface area contributed by atoms with Crippen molar-refractivity contribution in [2.75, 3.05) is 6.61 Å². The minimum atomic E-state index is -0.779. The molecule has 88 valence electrons. The molecule has 0 saturated carbocycles. The molecule has 0 aliphatic carbocycles. The molecule has 0 spiro atoms. The number of ether oxygens (including phenoxy) is 1. The highest BCUT2D eigenvalue weighted by Gasteiger charge is 2.14. The lowest BCUT2D eigenvalue weighted by atomic mass is 9.97. The fourth-order valence-corrected chi connectivity index (χ4v) is 1.42. The zero-order valence-corrected chi connectivity index (χ0v) is 10.1. The van der Waals surface area contributed by atoms with Crippen molar-refractivity contribution in [1.29, 1.82) is 0 Å². The zero-order valence-electron chi connectivity index (χ0n) is 10.1. The Morgan fingerprint density at radius 2 is 2.00 bits per heavy atom. The third-order valence-electron chi connectivity index (χ3n) is 2.59. The van der Waals surface area contributed by atoms with Gasteiger partial charge in [-0.2, -0.15) is 0 Å². The van der Waals surface area contributed by atoms with Gasteiger partial charge in [0.2, 0.25) is 0 Å². The van der Waals surface area contributed by atoms with Gasteiger partial charge < -0.3 is 9.84 Å². The van der Waals surface area contributed by atoms with Crippen molar-refractivity contribution in [2.45, 2.75) is 32.3 Å². The van der Waals surface area contributed by atoms with Gasteiger partial charge in [0, 0.05) is 0 Å². The highest BCUT2D eigenvalue weighted by atomic mass is 16.5. The van der Waals surface area contributed by atoms with E-state index in [-0.39, 0.29) is 0 Å². The number of hydrogen-bond acceptors (Lipinski definition) is 2. The summed E-state index contributed by atoms with van der Waals surface area (Å²) in [4.78, 5) is 0. The Morgan fingerprint density at radius 3 is 2.50 bits per heavy atom. The summed E-state index contributed by atoms with van der Waals surface area (Å²) in [5, 5.41) is 9.78. The highest BCUT2D eigenvalue weighted by molar-refractivity contribution is 5.27. The first-order chi connectivity index (χ1) is 7.57. The summed E-state index contributed by atoms with van der Waals surface area (Å²) in [5.41, 5.74) is 0.420. The molecule has 0 radical (unpaired) electrons. The topological polar surface area (TPSA) is 29.5 Å². The van der Waals surface area contributed by atoms with Crippen LogP contribution in [-0.4, -0.2) is 17.3 Å². The summed E-state index contributed by atoms with van der Waals surface area (Å²) in [7, 11) is 0.